The second-order valence-corrected chi connectivity index (χ2v) is 6.46. The van der Waals surface area contributed by atoms with E-state index in [9.17, 15) is 4.79 Å². The van der Waals surface area contributed by atoms with E-state index in [0.717, 1.165) is 51.7 Å². The summed E-state index contributed by atoms with van der Waals surface area (Å²) in [6, 6.07) is 3.92. The summed E-state index contributed by atoms with van der Waals surface area (Å²) in [4.78, 5) is 16.4. The van der Waals surface area contributed by atoms with Gasteiger partial charge in [-0.15, -0.1) is 0 Å². The minimum absolute atomic E-state index is 0.0800. The van der Waals surface area contributed by atoms with E-state index >= 15 is 0 Å². The molecule has 0 spiro atoms. The maximum Gasteiger partial charge on any atom is 0.317 e. The van der Waals surface area contributed by atoms with E-state index in [1.165, 1.54) is 0 Å². The van der Waals surface area contributed by atoms with Crippen LogP contribution in [0.15, 0.2) is 22.8 Å². The molecule has 2 aliphatic rings. The van der Waals surface area contributed by atoms with Crippen LogP contribution in [-0.2, 0) is 16.0 Å². The number of amides is 2. The Morgan fingerprint density at radius 1 is 1.38 bits per heavy atom. The van der Waals surface area contributed by atoms with Crippen molar-refractivity contribution in [1.82, 2.24) is 15.1 Å². The minimum Gasteiger partial charge on any atom is -0.467 e. The summed E-state index contributed by atoms with van der Waals surface area (Å²) in [5.74, 6) is 1.25. The Morgan fingerprint density at radius 3 is 2.88 bits per heavy atom. The fraction of sp³-hybridized carbons (Fsp3) is 0.706. The molecule has 2 fully saturated rings. The third-order valence-corrected chi connectivity index (χ3v) is 4.81. The molecule has 3 heterocycles. The van der Waals surface area contributed by atoms with Gasteiger partial charge in [0.2, 0.25) is 0 Å². The van der Waals surface area contributed by atoms with Gasteiger partial charge >= 0.3 is 6.03 Å². The van der Waals surface area contributed by atoms with Gasteiger partial charge in [-0.3, -0.25) is 4.90 Å². The predicted octanol–water partition coefficient (Wildman–Crippen LogP) is 1.16. The van der Waals surface area contributed by atoms with Gasteiger partial charge in [0.15, 0.2) is 0 Å². The predicted molar refractivity (Wildman–Crippen MR) is 88.7 cm³/mol. The standard InChI is InChI=1S/C17H27N3O4/c1-19(12-15-3-2-7-24-15)17(21)18-11-16(14-4-8-23-13-14)20-5-9-22-10-6-20/h2-3,7,14,16H,4-6,8-13H2,1H3,(H,18,21)/t14-,16+/m0/s1. The van der Waals surface area contributed by atoms with Crippen molar-refractivity contribution in [1.29, 1.82) is 0 Å². The highest BCUT2D eigenvalue weighted by Crippen LogP contribution is 2.22. The van der Waals surface area contributed by atoms with Crippen molar-refractivity contribution in [2.45, 2.75) is 19.0 Å². The van der Waals surface area contributed by atoms with Crippen LogP contribution < -0.4 is 5.32 Å². The highest BCUT2D eigenvalue weighted by atomic mass is 16.5. The number of ether oxygens (including phenoxy) is 2. The van der Waals surface area contributed by atoms with Gasteiger partial charge in [0, 0.05) is 45.2 Å². The van der Waals surface area contributed by atoms with Crippen LogP contribution in [-0.4, -0.2) is 75.0 Å². The molecule has 2 amide bonds. The number of morpholine rings is 1. The molecule has 1 aromatic heterocycles. The summed E-state index contributed by atoms with van der Waals surface area (Å²) >= 11 is 0. The molecule has 0 unspecified atom stereocenters. The molecule has 0 bridgehead atoms. The molecule has 2 atom stereocenters. The fourth-order valence-electron chi connectivity index (χ4n) is 3.39. The summed E-state index contributed by atoms with van der Waals surface area (Å²) < 4.78 is 16.3. The third kappa shape index (κ3) is 4.49. The van der Waals surface area contributed by atoms with Crippen LogP contribution in [0.25, 0.3) is 0 Å². The molecular formula is C17H27N3O4. The van der Waals surface area contributed by atoms with Gasteiger partial charge in [-0.1, -0.05) is 0 Å². The number of furan rings is 1. The number of rotatable bonds is 6. The number of carbonyl (C=O) groups excluding carboxylic acids is 1. The molecule has 0 radical (unpaired) electrons. The van der Waals surface area contributed by atoms with Crippen molar-refractivity contribution in [3.63, 3.8) is 0 Å². The highest BCUT2D eigenvalue weighted by molar-refractivity contribution is 5.73. The van der Waals surface area contributed by atoms with Crippen LogP contribution in [0.4, 0.5) is 4.79 Å². The molecule has 0 aliphatic carbocycles. The molecule has 3 rings (SSSR count). The number of carbonyl (C=O) groups is 1. The average Bonchev–Trinajstić information content (AvgIpc) is 3.30. The van der Waals surface area contributed by atoms with E-state index in [4.69, 9.17) is 13.9 Å². The van der Waals surface area contributed by atoms with Crippen molar-refractivity contribution >= 4 is 6.03 Å². The lowest BCUT2D eigenvalue weighted by Gasteiger charge is -2.37. The van der Waals surface area contributed by atoms with Gasteiger partial charge < -0.3 is 24.1 Å². The van der Waals surface area contributed by atoms with Crippen molar-refractivity contribution < 1.29 is 18.7 Å². The number of nitrogens with zero attached hydrogens (tertiary/aromatic N) is 2. The molecule has 1 aromatic rings. The van der Waals surface area contributed by atoms with Crippen molar-refractivity contribution in [3.8, 4) is 0 Å². The normalized spacial score (nSPS) is 23.1. The largest absolute Gasteiger partial charge is 0.467 e. The maximum absolute atomic E-state index is 12.4. The van der Waals surface area contributed by atoms with Crippen LogP contribution in [0, 0.1) is 5.92 Å². The SMILES string of the molecule is CN(Cc1ccco1)C(=O)NC[C@H]([C@H]1CCOC1)N1CCOCC1. The zero-order chi connectivity index (χ0) is 16.8. The van der Waals surface area contributed by atoms with E-state index in [0.29, 0.717) is 25.0 Å². The van der Waals surface area contributed by atoms with Crippen molar-refractivity contribution in [2.24, 2.45) is 5.92 Å². The van der Waals surface area contributed by atoms with Gasteiger partial charge in [0.05, 0.1) is 32.6 Å². The zero-order valence-electron chi connectivity index (χ0n) is 14.3. The van der Waals surface area contributed by atoms with Gasteiger partial charge in [0.1, 0.15) is 5.76 Å². The van der Waals surface area contributed by atoms with E-state index in [-0.39, 0.29) is 6.03 Å². The van der Waals surface area contributed by atoms with Gasteiger partial charge in [-0.05, 0) is 18.6 Å². The molecule has 1 N–H and O–H groups in total. The lowest BCUT2D eigenvalue weighted by atomic mass is 9.97. The first-order valence-electron chi connectivity index (χ1n) is 8.65. The van der Waals surface area contributed by atoms with E-state index in [2.05, 4.69) is 10.2 Å². The van der Waals surface area contributed by atoms with Crippen LogP contribution in [0.5, 0.6) is 0 Å². The monoisotopic (exact) mass is 337 g/mol. The molecule has 0 saturated carbocycles. The van der Waals surface area contributed by atoms with Gasteiger partial charge in [-0.25, -0.2) is 4.79 Å². The highest BCUT2D eigenvalue weighted by Gasteiger charge is 2.32. The molecule has 134 valence electrons. The lowest BCUT2D eigenvalue weighted by Crippen LogP contribution is -2.53. The van der Waals surface area contributed by atoms with Crippen molar-refractivity contribution in [2.75, 3.05) is 53.1 Å². The second kappa shape index (κ2) is 8.50. The quantitative estimate of drug-likeness (QED) is 0.844. The molecule has 24 heavy (non-hydrogen) atoms. The molecule has 0 aromatic carbocycles. The lowest BCUT2D eigenvalue weighted by molar-refractivity contribution is 0.00189. The number of hydrogen-bond acceptors (Lipinski definition) is 5. The number of hydrogen-bond donors (Lipinski definition) is 1. The summed E-state index contributed by atoms with van der Waals surface area (Å²) in [7, 11) is 1.78. The molecule has 2 aliphatic heterocycles. The Morgan fingerprint density at radius 2 is 2.21 bits per heavy atom. The van der Waals surface area contributed by atoms with E-state index < -0.39 is 0 Å². The Bertz CT molecular complexity index is 496. The first-order valence-corrected chi connectivity index (χ1v) is 8.65. The Kier molecular flexibility index (Phi) is 6.12. The van der Waals surface area contributed by atoms with Crippen LogP contribution in [0.3, 0.4) is 0 Å². The summed E-state index contributed by atoms with van der Waals surface area (Å²) in [6.07, 6.45) is 2.68. The maximum atomic E-state index is 12.4. The summed E-state index contributed by atoms with van der Waals surface area (Å²) in [5.41, 5.74) is 0. The second-order valence-electron chi connectivity index (χ2n) is 6.46. The smallest absolute Gasteiger partial charge is 0.317 e. The fourth-order valence-corrected chi connectivity index (χ4v) is 3.39. The first-order chi connectivity index (χ1) is 11.7. The molecule has 2 saturated heterocycles. The van der Waals surface area contributed by atoms with Crippen LogP contribution in [0.1, 0.15) is 12.2 Å². The molecular weight excluding hydrogens is 310 g/mol. The zero-order valence-corrected chi connectivity index (χ0v) is 14.3. The Hall–Kier alpha value is -1.57. The number of nitrogens with one attached hydrogen (secondary N) is 1. The van der Waals surface area contributed by atoms with Crippen LogP contribution in [0.2, 0.25) is 0 Å². The summed E-state index contributed by atoms with van der Waals surface area (Å²) in [6.45, 7) is 6.05. The van der Waals surface area contributed by atoms with E-state index in [1.54, 1.807) is 18.2 Å². The average molecular weight is 337 g/mol. The Balaban J connectivity index is 1.52. The molecule has 7 heteroatoms. The van der Waals surface area contributed by atoms with Gasteiger partial charge in [-0.2, -0.15) is 0 Å². The van der Waals surface area contributed by atoms with Crippen molar-refractivity contribution in [3.05, 3.63) is 24.2 Å². The number of urea groups is 1. The van der Waals surface area contributed by atoms with E-state index in [1.807, 2.05) is 12.1 Å². The topological polar surface area (TPSA) is 67.2 Å². The first kappa shape index (κ1) is 17.3. The van der Waals surface area contributed by atoms with Crippen LogP contribution >= 0.6 is 0 Å². The Labute approximate surface area is 142 Å². The molecule has 7 nitrogen and oxygen atoms in total. The van der Waals surface area contributed by atoms with Gasteiger partial charge in [0.25, 0.3) is 0 Å². The summed E-state index contributed by atoms with van der Waals surface area (Å²) in [5, 5.41) is 3.08. The minimum atomic E-state index is -0.0800. The third-order valence-electron chi connectivity index (χ3n) is 4.81.